The summed E-state index contributed by atoms with van der Waals surface area (Å²) >= 11 is 0. The van der Waals surface area contributed by atoms with Gasteiger partial charge in [0.25, 0.3) is 0 Å². The van der Waals surface area contributed by atoms with Gasteiger partial charge in [0.1, 0.15) is 0 Å². The molecule has 0 aromatic rings. The fraction of sp³-hybridized carbons (Fsp3) is 0. The average molecular weight is 71.8 g/mol. The third-order valence-electron chi connectivity index (χ3n) is 0. The van der Waals surface area contributed by atoms with Crippen molar-refractivity contribution < 1.29 is 16.5 Å². The first-order valence-corrected chi connectivity index (χ1v) is 0.775. The van der Waals surface area contributed by atoms with Crippen LogP contribution in [0.5, 0.6) is 0 Å². The molecule has 0 saturated carbocycles. The van der Waals surface area contributed by atoms with E-state index in [2.05, 4.69) is 0 Å². The van der Waals surface area contributed by atoms with Crippen molar-refractivity contribution in [2.45, 2.75) is 0 Å². The van der Waals surface area contributed by atoms with Gasteiger partial charge in [-0.1, -0.05) is 0 Å². The maximum absolute atomic E-state index is 7.17. The minimum absolute atomic E-state index is 0. The molecule has 3 nitrogen and oxygen atoms in total. The van der Waals surface area contributed by atoms with Crippen LogP contribution in [-0.2, 0) is 0 Å². The van der Waals surface area contributed by atoms with Gasteiger partial charge < -0.3 is 15.1 Å². The second-order valence-corrected chi connectivity index (χ2v) is 0.346. The van der Waals surface area contributed by atoms with E-state index in [9.17, 15) is 0 Å². The van der Waals surface area contributed by atoms with Crippen molar-refractivity contribution in [1.82, 2.24) is 0 Å². The van der Waals surface area contributed by atoms with E-state index in [1.54, 1.807) is 0 Å². The zero-order valence-electron chi connectivity index (χ0n) is 1.92. The standard InChI is InChI=1S/BH3O3.Li.H2.H/c2-1(3)4;;;/h2-4H;;1H;. The summed E-state index contributed by atoms with van der Waals surface area (Å²) in [5, 5.41) is 21.5. The molecule has 3 N–H and O–H groups in total. The molecule has 0 heterocycles. The van der Waals surface area contributed by atoms with Crippen LogP contribution in [0.3, 0.4) is 0 Å². The summed E-state index contributed by atoms with van der Waals surface area (Å²) in [7, 11) is -2.17. The summed E-state index contributed by atoms with van der Waals surface area (Å²) in [5.74, 6) is 0. The van der Waals surface area contributed by atoms with E-state index in [1.807, 2.05) is 0 Å². The SMILES string of the molecule is OB(O)O.[HH].[LiH]. The molecule has 0 bridgehead atoms. The number of hydrogen-bond acceptors (Lipinski definition) is 3. The summed E-state index contributed by atoms with van der Waals surface area (Å²) < 4.78 is 0. The Labute approximate surface area is 43.5 Å². The van der Waals surface area contributed by atoms with Gasteiger partial charge in [0.05, 0.1) is 0 Å². The summed E-state index contributed by atoms with van der Waals surface area (Å²) in [4.78, 5) is 0. The van der Waals surface area contributed by atoms with Crippen LogP contribution in [0.2, 0.25) is 0 Å². The topological polar surface area (TPSA) is 60.7 Å². The zero-order chi connectivity index (χ0) is 3.58. The van der Waals surface area contributed by atoms with E-state index in [0.29, 0.717) is 0 Å². The maximum atomic E-state index is 7.17. The number of hydrogen-bond donors (Lipinski definition) is 3. The Morgan fingerprint density at radius 3 is 1.20 bits per heavy atom. The van der Waals surface area contributed by atoms with E-state index in [0.717, 1.165) is 0 Å². The van der Waals surface area contributed by atoms with Crippen molar-refractivity contribution in [3.05, 3.63) is 0 Å². The molecule has 0 aromatic heterocycles. The number of rotatable bonds is 0. The Bertz CT molecular complexity index is 15.5. The molecule has 0 radical (unpaired) electrons. The third-order valence-corrected chi connectivity index (χ3v) is 0. The van der Waals surface area contributed by atoms with E-state index in [-0.39, 0.29) is 20.3 Å². The van der Waals surface area contributed by atoms with Crippen LogP contribution in [0.4, 0.5) is 0 Å². The normalized spacial score (nSPS) is 5.40. The molecule has 0 aliphatic rings. The Morgan fingerprint density at radius 2 is 1.20 bits per heavy atom. The van der Waals surface area contributed by atoms with Crippen LogP contribution in [0, 0.1) is 0 Å². The van der Waals surface area contributed by atoms with Crippen molar-refractivity contribution in [3.8, 4) is 0 Å². The predicted octanol–water partition coefficient (Wildman–Crippen LogP) is -2.45. The monoisotopic (exact) mass is 72.1 g/mol. The van der Waals surface area contributed by atoms with Gasteiger partial charge in [-0.05, 0) is 0 Å². The van der Waals surface area contributed by atoms with Crippen LogP contribution in [-0.4, -0.2) is 41.3 Å². The summed E-state index contributed by atoms with van der Waals surface area (Å²) in [5.41, 5.74) is 0. The fourth-order valence-electron chi connectivity index (χ4n) is 0. The molecule has 0 spiro atoms. The van der Waals surface area contributed by atoms with Gasteiger partial charge in [0.15, 0.2) is 0 Å². The first-order chi connectivity index (χ1) is 1.73. The van der Waals surface area contributed by atoms with E-state index in [1.165, 1.54) is 0 Å². The van der Waals surface area contributed by atoms with Crippen molar-refractivity contribution in [1.29, 1.82) is 0 Å². The minimum atomic E-state index is -2.17. The molecular weight excluding hydrogens is 65.8 g/mol. The van der Waals surface area contributed by atoms with Gasteiger partial charge in [-0.2, -0.15) is 0 Å². The zero-order valence-corrected chi connectivity index (χ0v) is 1.92. The molecule has 0 aromatic carbocycles. The molecule has 0 aliphatic heterocycles. The fourth-order valence-corrected chi connectivity index (χ4v) is 0. The van der Waals surface area contributed by atoms with Crippen molar-refractivity contribution in [2.24, 2.45) is 0 Å². The van der Waals surface area contributed by atoms with Gasteiger partial charge in [-0.3, -0.25) is 0 Å². The Morgan fingerprint density at radius 1 is 1.20 bits per heavy atom. The van der Waals surface area contributed by atoms with Gasteiger partial charge >= 0.3 is 26.2 Å². The average Bonchev–Trinajstić information content (AvgIpc) is 0.811. The Balaban J connectivity index is -0.0000000450. The van der Waals surface area contributed by atoms with Gasteiger partial charge in [-0.25, -0.2) is 0 Å². The summed E-state index contributed by atoms with van der Waals surface area (Å²) in [6, 6.07) is 0. The van der Waals surface area contributed by atoms with E-state index >= 15 is 0 Å². The van der Waals surface area contributed by atoms with Crippen molar-refractivity contribution in [3.63, 3.8) is 0 Å². The van der Waals surface area contributed by atoms with E-state index < -0.39 is 7.32 Å². The van der Waals surface area contributed by atoms with Crippen LogP contribution in [0.25, 0.3) is 0 Å². The first kappa shape index (κ1) is 9.11. The summed E-state index contributed by atoms with van der Waals surface area (Å²) in [6.45, 7) is 0. The molecule has 5 heavy (non-hydrogen) atoms. The second kappa shape index (κ2) is 4.54. The summed E-state index contributed by atoms with van der Waals surface area (Å²) in [6.07, 6.45) is 0. The molecule has 0 unspecified atom stereocenters. The van der Waals surface area contributed by atoms with Crippen LogP contribution >= 0.6 is 0 Å². The first-order valence-electron chi connectivity index (χ1n) is 0.775. The Kier molecular flexibility index (Phi) is 8.28. The molecule has 5 heteroatoms. The van der Waals surface area contributed by atoms with Gasteiger partial charge in [0.2, 0.25) is 0 Å². The van der Waals surface area contributed by atoms with Gasteiger partial charge in [0, 0.05) is 1.43 Å². The molecule has 0 aliphatic carbocycles. The molecule has 0 atom stereocenters. The van der Waals surface area contributed by atoms with Crippen LogP contribution < -0.4 is 0 Å². The molecule has 0 rings (SSSR count). The molecule has 0 fully saturated rings. The quantitative estimate of drug-likeness (QED) is 0.278. The second-order valence-electron chi connectivity index (χ2n) is 0.346. The van der Waals surface area contributed by atoms with Crippen molar-refractivity contribution >= 4 is 26.2 Å². The Hall–Kier alpha value is 0.542. The van der Waals surface area contributed by atoms with E-state index in [4.69, 9.17) is 15.1 Å². The molecular formula is H6BLiO3. The predicted molar refractivity (Wildman–Crippen MR) is 21.7 cm³/mol. The molecule has 0 amide bonds. The molecule has 28 valence electrons. The van der Waals surface area contributed by atoms with Crippen LogP contribution in [0.1, 0.15) is 1.43 Å². The van der Waals surface area contributed by atoms with Crippen molar-refractivity contribution in [2.75, 3.05) is 0 Å². The molecule has 0 saturated heterocycles. The van der Waals surface area contributed by atoms with Gasteiger partial charge in [-0.15, -0.1) is 0 Å². The third kappa shape index (κ3) is 99.8. The van der Waals surface area contributed by atoms with Crippen LogP contribution in [0.15, 0.2) is 0 Å².